The normalized spacial score (nSPS) is 10.7. The smallest absolute Gasteiger partial charge is 0.136 e. The van der Waals surface area contributed by atoms with E-state index in [4.69, 9.17) is 5.73 Å². The van der Waals surface area contributed by atoms with Crippen LogP contribution in [0.2, 0.25) is 0 Å². The van der Waals surface area contributed by atoms with Crippen LogP contribution in [0.1, 0.15) is 11.1 Å². The van der Waals surface area contributed by atoms with Crippen LogP contribution in [-0.4, -0.2) is 0 Å². The van der Waals surface area contributed by atoms with Gasteiger partial charge >= 0.3 is 0 Å². The third-order valence-corrected chi connectivity index (χ3v) is 2.81. The van der Waals surface area contributed by atoms with Crippen LogP contribution in [0.15, 0.2) is 30.3 Å². The van der Waals surface area contributed by atoms with Gasteiger partial charge in [0.25, 0.3) is 0 Å². The molecule has 0 amide bonds. The Bertz CT molecular complexity index is 571. The second kappa shape index (κ2) is 4.82. The number of hydrogen-bond acceptors (Lipinski definition) is 1. The van der Waals surface area contributed by atoms with Gasteiger partial charge in [-0.1, -0.05) is 12.1 Å². The average Bonchev–Trinajstić information content (AvgIpc) is 2.30. The Hall–Kier alpha value is -1.81. The minimum atomic E-state index is -0.929. The van der Waals surface area contributed by atoms with Gasteiger partial charge in [0.15, 0.2) is 0 Å². The zero-order valence-electron chi connectivity index (χ0n) is 9.81. The number of aryl methyl sites for hydroxylation is 1. The molecule has 2 aromatic rings. The fourth-order valence-electron chi connectivity index (χ4n) is 1.86. The summed E-state index contributed by atoms with van der Waals surface area (Å²) in [7, 11) is 0. The van der Waals surface area contributed by atoms with Crippen LogP contribution < -0.4 is 5.73 Å². The molecule has 0 saturated carbocycles. The molecule has 0 unspecified atom stereocenters. The van der Waals surface area contributed by atoms with Crippen LogP contribution in [0.4, 0.5) is 13.2 Å². The molecule has 1 nitrogen and oxygen atoms in total. The summed E-state index contributed by atoms with van der Waals surface area (Å²) in [6.07, 6.45) is 0. The maximum atomic E-state index is 13.7. The topological polar surface area (TPSA) is 26.0 Å². The van der Waals surface area contributed by atoms with E-state index in [-0.39, 0.29) is 12.1 Å². The summed E-state index contributed by atoms with van der Waals surface area (Å²) in [5.74, 6) is -2.75. The summed E-state index contributed by atoms with van der Waals surface area (Å²) in [5, 5.41) is 0. The largest absolute Gasteiger partial charge is 0.326 e. The van der Waals surface area contributed by atoms with Gasteiger partial charge in [-0.2, -0.15) is 0 Å². The lowest BCUT2D eigenvalue weighted by Crippen LogP contribution is -1.99. The first-order chi connectivity index (χ1) is 8.52. The molecule has 0 fully saturated rings. The van der Waals surface area contributed by atoms with Gasteiger partial charge < -0.3 is 5.73 Å². The number of hydrogen-bond donors (Lipinski definition) is 1. The second-order valence-electron chi connectivity index (χ2n) is 4.10. The van der Waals surface area contributed by atoms with Crippen molar-refractivity contribution < 1.29 is 13.2 Å². The summed E-state index contributed by atoms with van der Waals surface area (Å²) in [4.78, 5) is 0. The molecule has 0 radical (unpaired) electrons. The Balaban J connectivity index is 2.68. The summed E-state index contributed by atoms with van der Waals surface area (Å²) in [6.45, 7) is 2.01. The van der Waals surface area contributed by atoms with Gasteiger partial charge in [0.1, 0.15) is 17.5 Å². The molecule has 0 spiro atoms. The molecule has 0 aliphatic heterocycles. The van der Waals surface area contributed by atoms with Gasteiger partial charge in [-0.25, -0.2) is 13.2 Å². The molecule has 2 rings (SSSR count). The summed E-state index contributed by atoms with van der Waals surface area (Å²) in [6, 6.07) is 6.49. The lowest BCUT2D eigenvalue weighted by molar-refractivity contribution is 0.548. The lowest BCUT2D eigenvalue weighted by Gasteiger charge is -2.10. The van der Waals surface area contributed by atoms with E-state index in [9.17, 15) is 13.2 Å². The number of nitrogens with two attached hydrogens (primary N) is 1. The molecule has 2 N–H and O–H groups in total. The van der Waals surface area contributed by atoms with Crippen LogP contribution in [0, 0.1) is 24.4 Å². The van der Waals surface area contributed by atoms with E-state index in [1.165, 1.54) is 0 Å². The highest BCUT2D eigenvalue weighted by atomic mass is 19.1. The van der Waals surface area contributed by atoms with E-state index in [2.05, 4.69) is 0 Å². The van der Waals surface area contributed by atoms with Crippen LogP contribution in [0.25, 0.3) is 11.1 Å². The van der Waals surface area contributed by atoms with E-state index in [1.54, 1.807) is 25.1 Å². The van der Waals surface area contributed by atoms with Crippen molar-refractivity contribution in [2.24, 2.45) is 5.73 Å². The van der Waals surface area contributed by atoms with Gasteiger partial charge in [0.05, 0.1) is 5.56 Å². The first-order valence-corrected chi connectivity index (χ1v) is 5.47. The van der Waals surface area contributed by atoms with Crippen molar-refractivity contribution >= 4 is 0 Å². The van der Waals surface area contributed by atoms with E-state index < -0.39 is 17.5 Å². The molecular formula is C14H12F3N. The Kier molecular flexibility index (Phi) is 3.39. The third kappa shape index (κ3) is 2.24. The fourth-order valence-corrected chi connectivity index (χ4v) is 1.86. The highest BCUT2D eigenvalue weighted by Gasteiger charge is 2.15. The second-order valence-corrected chi connectivity index (χ2v) is 4.10. The Morgan fingerprint density at radius 1 is 1.00 bits per heavy atom. The first-order valence-electron chi connectivity index (χ1n) is 5.47. The molecule has 0 atom stereocenters. The summed E-state index contributed by atoms with van der Waals surface area (Å²) in [5.41, 5.74) is 7.15. The Labute approximate surface area is 103 Å². The first kappa shape index (κ1) is 12.6. The number of halogens is 3. The van der Waals surface area contributed by atoms with Gasteiger partial charge in [-0.3, -0.25) is 0 Å². The number of benzene rings is 2. The maximum absolute atomic E-state index is 13.7. The predicted molar refractivity (Wildman–Crippen MR) is 64.4 cm³/mol. The minimum absolute atomic E-state index is 0.218. The van der Waals surface area contributed by atoms with E-state index in [0.717, 1.165) is 5.56 Å². The SMILES string of the molecule is Cc1ccc(CN)cc1-c1c(F)cc(F)cc1F. The third-order valence-electron chi connectivity index (χ3n) is 2.81. The van der Waals surface area contributed by atoms with E-state index in [1.807, 2.05) is 0 Å². The van der Waals surface area contributed by atoms with E-state index in [0.29, 0.717) is 23.3 Å². The molecule has 0 heterocycles. The molecule has 2 aromatic carbocycles. The van der Waals surface area contributed by atoms with Crippen LogP contribution in [0.5, 0.6) is 0 Å². The van der Waals surface area contributed by atoms with Crippen LogP contribution in [0.3, 0.4) is 0 Å². The van der Waals surface area contributed by atoms with Gasteiger partial charge in [0, 0.05) is 18.7 Å². The lowest BCUT2D eigenvalue weighted by atomic mass is 9.97. The van der Waals surface area contributed by atoms with Crippen molar-refractivity contribution in [1.29, 1.82) is 0 Å². The molecule has 0 saturated heterocycles. The van der Waals surface area contributed by atoms with Crippen molar-refractivity contribution in [3.05, 3.63) is 58.9 Å². The Morgan fingerprint density at radius 3 is 2.17 bits per heavy atom. The number of rotatable bonds is 2. The molecule has 0 bridgehead atoms. The zero-order chi connectivity index (χ0) is 13.3. The molecule has 0 aromatic heterocycles. The Morgan fingerprint density at radius 2 is 1.61 bits per heavy atom. The minimum Gasteiger partial charge on any atom is -0.326 e. The van der Waals surface area contributed by atoms with Crippen molar-refractivity contribution in [3.8, 4) is 11.1 Å². The molecule has 0 aliphatic rings. The zero-order valence-corrected chi connectivity index (χ0v) is 9.81. The quantitative estimate of drug-likeness (QED) is 0.868. The van der Waals surface area contributed by atoms with Crippen molar-refractivity contribution in [1.82, 2.24) is 0 Å². The van der Waals surface area contributed by atoms with Crippen LogP contribution >= 0.6 is 0 Å². The molecule has 94 valence electrons. The molecule has 18 heavy (non-hydrogen) atoms. The van der Waals surface area contributed by atoms with Gasteiger partial charge in [0.2, 0.25) is 0 Å². The van der Waals surface area contributed by atoms with Crippen molar-refractivity contribution in [2.75, 3.05) is 0 Å². The summed E-state index contributed by atoms with van der Waals surface area (Å²) < 4.78 is 40.3. The monoisotopic (exact) mass is 251 g/mol. The highest BCUT2D eigenvalue weighted by molar-refractivity contribution is 5.69. The summed E-state index contributed by atoms with van der Waals surface area (Å²) >= 11 is 0. The van der Waals surface area contributed by atoms with Gasteiger partial charge in [-0.15, -0.1) is 0 Å². The maximum Gasteiger partial charge on any atom is 0.136 e. The molecular weight excluding hydrogens is 239 g/mol. The van der Waals surface area contributed by atoms with E-state index >= 15 is 0 Å². The average molecular weight is 251 g/mol. The predicted octanol–water partition coefficient (Wildman–Crippen LogP) is 3.54. The van der Waals surface area contributed by atoms with Crippen molar-refractivity contribution in [3.63, 3.8) is 0 Å². The molecule has 0 aliphatic carbocycles. The van der Waals surface area contributed by atoms with Crippen molar-refractivity contribution in [2.45, 2.75) is 13.5 Å². The fraction of sp³-hybridized carbons (Fsp3) is 0.143. The highest BCUT2D eigenvalue weighted by Crippen LogP contribution is 2.30. The standard InChI is InChI=1S/C14H12F3N/c1-8-2-3-9(7-18)4-11(8)14-12(16)5-10(15)6-13(14)17/h2-6H,7,18H2,1H3. The molecule has 4 heteroatoms. The van der Waals surface area contributed by atoms with Crippen LogP contribution in [-0.2, 0) is 6.54 Å². The van der Waals surface area contributed by atoms with Gasteiger partial charge in [-0.05, 0) is 29.7 Å².